The summed E-state index contributed by atoms with van der Waals surface area (Å²) in [5, 5.41) is 3.48. The van der Waals surface area contributed by atoms with E-state index < -0.39 is 0 Å². The summed E-state index contributed by atoms with van der Waals surface area (Å²) in [6, 6.07) is 16.3. The average Bonchev–Trinajstić information content (AvgIpc) is 3.14. The van der Waals surface area contributed by atoms with Gasteiger partial charge < -0.3 is 15.0 Å². The number of pyridine rings is 1. The number of fused-ring (bicyclic) bond motifs is 1. The molecule has 0 saturated heterocycles. The molecule has 124 valence electrons. The Morgan fingerprint density at radius 3 is 2.80 bits per heavy atom. The first-order valence-corrected chi connectivity index (χ1v) is 8.08. The van der Waals surface area contributed by atoms with Gasteiger partial charge in [-0.3, -0.25) is 4.98 Å². The second kappa shape index (κ2) is 6.65. The van der Waals surface area contributed by atoms with Crippen LogP contribution in [0.2, 0.25) is 0 Å². The smallest absolute Gasteiger partial charge is 0.118 e. The van der Waals surface area contributed by atoms with Crippen LogP contribution < -0.4 is 10.1 Å². The van der Waals surface area contributed by atoms with Gasteiger partial charge in [-0.2, -0.15) is 0 Å². The number of aromatic amines is 1. The topological polar surface area (TPSA) is 62.8 Å². The van der Waals surface area contributed by atoms with Crippen LogP contribution in [0.5, 0.6) is 5.75 Å². The lowest BCUT2D eigenvalue weighted by molar-refractivity contribution is 0.415. The first-order valence-electron chi connectivity index (χ1n) is 8.08. The number of rotatable bonds is 5. The Balaban J connectivity index is 1.57. The average molecular weight is 330 g/mol. The van der Waals surface area contributed by atoms with Crippen LogP contribution in [0.4, 0.5) is 5.69 Å². The van der Waals surface area contributed by atoms with Crippen molar-refractivity contribution in [2.45, 2.75) is 6.54 Å². The van der Waals surface area contributed by atoms with Gasteiger partial charge in [0.1, 0.15) is 5.75 Å². The van der Waals surface area contributed by atoms with Crippen molar-refractivity contribution in [1.82, 2.24) is 15.0 Å². The number of hydrogen-bond acceptors (Lipinski definition) is 4. The normalized spacial score (nSPS) is 10.8. The highest BCUT2D eigenvalue weighted by atomic mass is 16.5. The van der Waals surface area contributed by atoms with Gasteiger partial charge in [-0.1, -0.05) is 18.2 Å². The van der Waals surface area contributed by atoms with E-state index in [1.807, 2.05) is 30.5 Å². The van der Waals surface area contributed by atoms with Crippen molar-refractivity contribution in [1.29, 1.82) is 0 Å². The first-order chi connectivity index (χ1) is 12.3. The SMILES string of the molecule is COc1ccc(-c2ccncc2NCc2ccc3[nH]cnc3c2)cc1. The second-order valence-electron chi connectivity index (χ2n) is 5.76. The van der Waals surface area contributed by atoms with Gasteiger partial charge in [0.25, 0.3) is 0 Å². The van der Waals surface area contributed by atoms with E-state index in [0.717, 1.165) is 33.6 Å². The Labute approximate surface area is 145 Å². The molecule has 0 fully saturated rings. The summed E-state index contributed by atoms with van der Waals surface area (Å²) in [6.45, 7) is 0.706. The molecule has 0 aliphatic carbocycles. The monoisotopic (exact) mass is 330 g/mol. The highest BCUT2D eigenvalue weighted by Crippen LogP contribution is 2.29. The Bertz CT molecular complexity index is 992. The van der Waals surface area contributed by atoms with Crippen LogP contribution in [0.1, 0.15) is 5.56 Å². The molecule has 0 aliphatic rings. The number of imidazole rings is 1. The van der Waals surface area contributed by atoms with Crippen molar-refractivity contribution in [2.75, 3.05) is 12.4 Å². The Morgan fingerprint density at radius 2 is 1.96 bits per heavy atom. The van der Waals surface area contributed by atoms with Crippen molar-refractivity contribution in [3.8, 4) is 16.9 Å². The molecule has 0 aliphatic heterocycles. The molecule has 0 amide bonds. The van der Waals surface area contributed by atoms with E-state index in [9.17, 15) is 0 Å². The Kier molecular flexibility index (Phi) is 4.04. The predicted octanol–water partition coefficient (Wildman–Crippen LogP) is 4.25. The van der Waals surface area contributed by atoms with Crippen molar-refractivity contribution >= 4 is 16.7 Å². The zero-order valence-electron chi connectivity index (χ0n) is 13.9. The van der Waals surface area contributed by atoms with Crippen LogP contribution in [0.25, 0.3) is 22.2 Å². The summed E-state index contributed by atoms with van der Waals surface area (Å²) in [7, 11) is 1.67. The van der Waals surface area contributed by atoms with Gasteiger partial charge in [0.15, 0.2) is 0 Å². The minimum absolute atomic E-state index is 0.706. The molecule has 0 bridgehead atoms. The molecule has 5 nitrogen and oxygen atoms in total. The van der Waals surface area contributed by atoms with Gasteiger partial charge in [-0.15, -0.1) is 0 Å². The van der Waals surface area contributed by atoms with Gasteiger partial charge in [0.05, 0.1) is 36.4 Å². The lowest BCUT2D eigenvalue weighted by Crippen LogP contribution is -2.01. The number of H-pyrrole nitrogens is 1. The van der Waals surface area contributed by atoms with Crippen LogP contribution >= 0.6 is 0 Å². The lowest BCUT2D eigenvalue weighted by Gasteiger charge is -2.12. The maximum absolute atomic E-state index is 5.23. The van der Waals surface area contributed by atoms with Crippen molar-refractivity contribution < 1.29 is 4.74 Å². The zero-order chi connectivity index (χ0) is 17.1. The molecule has 2 aromatic carbocycles. The van der Waals surface area contributed by atoms with E-state index in [0.29, 0.717) is 6.54 Å². The van der Waals surface area contributed by atoms with E-state index in [1.165, 1.54) is 5.56 Å². The number of aromatic nitrogens is 3. The molecular formula is C20H18N4O. The van der Waals surface area contributed by atoms with E-state index in [2.05, 4.69) is 44.5 Å². The Morgan fingerprint density at radius 1 is 1.08 bits per heavy atom. The molecule has 0 unspecified atom stereocenters. The maximum atomic E-state index is 5.23. The van der Waals surface area contributed by atoms with Crippen molar-refractivity contribution in [2.24, 2.45) is 0 Å². The fourth-order valence-electron chi connectivity index (χ4n) is 2.84. The fourth-order valence-corrected chi connectivity index (χ4v) is 2.84. The number of methoxy groups -OCH3 is 1. The van der Waals surface area contributed by atoms with Gasteiger partial charge in [-0.05, 0) is 41.5 Å². The number of anilines is 1. The van der Waals surface area contributed by atoms with Crippen molar-refractivity contribution in [3.05, 3.63) is 72.8 Å². The number of ether oxygens (including phenoxy) is 1. The zero-order valence-corrected chi connectivity index (χ0v) is 13.9. The molecule has 0 saturated carbocycles. The van der Waals surface area contributed by atoms with Crippen LogP contribution in [0.3, 0.4) is 0 Å². The molecule has 0 spiro atoms. The third-order valence-electron chi connectivity index (χ3n) is 4.19. The van der Waals surface area contributed by atoms with Crippen LogP contribution in [0.15, 0.2) is 67.3 Å². The molecule has 2 aromatic heterocycles. The number of hydrogen-bond donors (Lipinski definition) is 2. The second-order valence-corrected chi connectivity index (χ2v) is 5.76. The summed E-state index contributed by atoms with van der Waals surface area (Å²) >= 11 is 0. The molecule has 2 heterocycles. The number of nitrogens with one attached hydrogen (secondary N) is 2. The van der Waals surface area contributed by atoms with E-state index in [4.69, 9.17) is 4.74 Å². The third-order valence-corrected chi connectivity index (χ3v) is 4.19. The third kappa shape index (κ3) is 3.17. The lowest BCUT2D eigenvalue weighted by atomic mass is 10.0. The van der Waals surface area contributed by atoms with Gasteiger partial charge in [-0.25, -0.2) is 4.98 Å². The van der Waals surface area contributed by atoms with E-state index in [-0.39, 0.29) is 0 Å². The molecular weight excluding hydrogens is 312 g/mol. The summed E-state index contributed by atoms with van der Waals surface area (Å²) < 4.78 is 5.23. The molecule has 25 heavy (non-hydrogen) atoms. The minimum atomic E-state index is 0.706. The van der Waals surface area contributed by atoms with Crippen LogP contribution in [-0.4, -0.2) is 22.1 Å². The maximum Gasteiger partial charge on any atom is 0.118 e. The number of benzene rings is 2. The van der Waals surface area contributed by atoms with Gasteiger partial charge >= 0.3 is 0 Å². The standard InChI is InChI=1S/C20H18N4O/c1-25-16-5-3-15(4-6-16)17-8-9-21-12-20(17)22-11-14-2-7-18-19(10-14)24-13-23-18/h2-10,12-13,22H,11H2,1H3,(H,23,24). The highest BCUT2D eigenvalue weighted by Gasteiger charge is 2.06. The molecule has 4 rings (SSSR count). The molecule has 0 atom stereocenters. The number of nitrogens with zero attached hydrogens (tertiary/aromatic N) is 2. The fraction of sp³-hybridized carbons (Fsp3) is 0.100. The molecule has 0 radical (unpaired) electrons. The minimum Gasteiger partial charge on any atom is -0.497 e. The predicted molar refractivity (Wildman–Crippen MR) is 99.6 cm³/mol. The quantitative estimate of drug-likeness (QED) is 0.574. The largest absolute Gasteiger partial charge is 0.497 e. The molecule has 5 heteroatoms. The van der Waals surface area contributed by atoms with E-state index in [1.54, 1.807) is 19.6 Å². The van der Waals surface area contributed by atoms with E-state index >= 15 is 0 Å². The van der Waals surface area contributed by atoms with Crippen LogP contribution in [-0.2, 0) is 6.54 Å². The summed E-state index contributed by atoms with van der Waals surface area (Å²) in [5.41, 5.74) is 6.41. The van der Waals surface area contributed by atoms with Gasteiger partial charge in [0, 0.05) is 18.3 Å². The Hall–Kier alpha value is -3.34. The summed E-state index contributed by atoms with van der Waals surface area (Å²) in [4.78, 5) is 11.7. The summed E-state index contributed by atoms with van der Waals surface area (Å²) in [6.07, 6.45) is 5.37. The summed E-state index contributed by atoms with van der Waals surface area (Å²) in [5.74, 6) is 0.847. The van der Waals surface area contributed by atoms with Gasteiger partial charge in [0.2, 0.25) is 0 Å². The molecule has 4 aromatic rings. The van der Waals surface area contributed by atoms with Crippen LogP contribution in [0, 0.1) is 0 Å². The first kappa shape index (κ1) is 15.2. The highest BCUT2D eigenvalue weighted by molar-refractivity contribution is 5.78. The molecule has 2 N–H and O–H groups in total. The van der Waals surface area contributed by atoms with Crippen molar-refractivity contribution in [3.63, 3.8) is 0 Å².